The monoisotopic (exact) mass is 649 g/mol. The number of fused-ring (bicyclic) bond motifs is 1. The fraction of sp³-hybridized carbons (Fsp3) is 0.414. The first-order valence-corrected chi connectivity index (χ1v) is 15.8. The molecule has 15 heteroatoms. The van der Waals surface area contributed by atoms with E-state index in [1.165, 1.54) is 6.92 Å². The Bertz CT molecular complexity index is 1700. The molecule has 0 saturated carbocycles. The minimum atomic E-state index is -4.45. The summed E-state index contributed by atoms with van der Waals surface area (Å²) >= 11 is 5.55. The average Bonchev–Trinajstić information content (AvgIpc) is 3.23. The topological polar surface area (TPSA) is 178 Å². The van der Waals surface area contributed by atoms with Crippen LogP contribution in [0.4, 0.5) is 0 Å². The van der Waals surface area contributed by atoms with Gasteiger partial charge < -0.3 is 24.2 Å². The number of halogens is 1. The summed E-state index contributed by atoms with van der Waals surface area (Å²) in [7, 11) is -4.45. The number of ether oxygens (including phenoxy) is 2. The third-order valence-corrected chi connectivity index (χ3v) is 8.63. The van der Waals surface area contributed by atoms with Gasteiger partial charge in [0.1, 0.15) is 24.0 Å². The number of rotatable bonds is 13. The molecule has 1 aliphatic heterocycles. The zero-order valence-electron chi connectivity index (χ0n) is 24.0. The standard InChI is InChI=1S/C29H33ClN3O10P/c1-3-4-7-17-40-26(36)19(2)32-44(39,43-22-12-8-10-20-9-5-6-11-21(20)22)41-18-23-25(35)29(38,14-15-30)27(42-23)33-16-13-24(34)31-28(33)37/h5-6,8-13,16,19,23,25,27,35,38H,3-4,7,17-18H2,1-2H3,(H,32,39)(H,31,34,37)/t19-,23+,25?,27+,29+,44?/m0/s1. The first-order chi connectivity index (χ1) is 21.0. The van der Waals surface area contributed by atoms with Crippen molar-refractivity contribution in [3.8, 4) is 17.0 Å². The average molecular weight is 650 g/mol. The zero-order valence-corrected chi connectivity index (χ0v) is 25.6. The molecular weight excluding hydrogens is 617 g/mol. The van der Waals surface area contributed by atoms with E-state index >= 15 is 0 Å². The molecule has 2 aromatic carbocycles. The number of carbonyl (C=O) groups excluding carboxylic acids is 1. The van der Waals surface area contributed by atoms with Gasteiger partial charge in [0.2, 0.25) is 5.60 Å². The summed E-state index contributed by atoms with van der Waals surface area (Å²) in [5.74, 6) is 1.73. The molecule has 236 valence electrons. The van der Waals surface area contributed by atoms with Crippen LogP contribution in [-0.4, -0.2) is 62.8 Å². The van der Waals surface area contributed by atoms with Crippen LogP contribution in [0.15, 0.2) is 64.3 Å². The molecule has 2 heterocycles. The summed E-state index contributed by atoms with van der Waals surface area (Å²) in [6, 6.07) is 12.1. The van der Waals surface area contributed by atoms with E-state index in [0.29, 0.717) is 11.8 Å². The minimum absolute atomic E-state index is 0.178. The third kappa shape index (κ3) is 7.60. The molecule has 0 radical (unpaired) electrons. The van der Waals surface area contributed by atoms with Gasteiger partial charge in [-0.25, -0.2) is 9.36 Å². The smallest absolute Gasteiger partial charge is 0.459 e. The van der Waals surface area contributed by atoms with Crippen molar-refractivity contribution in [1.29, 1.82) is 0 Å². The summed E-state index contributed by atoms with van der Waals surface area (Å²) in [5, 5.41) is 28.2. The normalized spacial score (nSPS) is 23.3. The molecule has 1 fully saturated rings. The molecule has 13 nitrogen and oxygen atoms in total. The molecule has 1 aromatic heterocycles. The summed E-state index contributed by atoms with van der Waals surface area (Å²) in [6.07, 6.45) is -1.41. The molecule has 3 aromatic rings. The van der Waals surface area contributed by atoms with Gasteiger partial charge in [-0.2, -0.15) is 5.09 Å². The van der Waals surface area contributed by atoms with Crippen LogP contribution in [0.25, 0.3) is 10.8 Å². The van der Waals surface area contributed by atoms with E-state index in [2.05, 4.69) is 11.0 Å². The number of hydrogen-bond acceptors (Lipinski definition) is 10. The van der Waals surface area contributed by atoms with E-state index in [9.17, 15) is 29.2 Å². The van der Waals surface area contributed by atoms with E-state index in [1.807, 2.05) is 35.5 Å². The van der Waals surface area contributed by atoms with Crippen LogP contribution in [0.3, 0.4) is 0 Å². The molecule has 0 amide bonds. The second kappa shape index (κ2) is 14.5. The maximum atomic E-state index is 14.2. The number of hydrogen-bond donors (Lipinski definition) is 4. The SMILES string of the molecule is CCCCCOC(=O)[C@H](C)NP(=O)(OC[C@H]1O[C@@H](n2ccc(=O)[nH]c2=O)[C@@](O)(C#CCl)C1O)Oc1cccc2ccccc12. The number of aromatic nitrogens is 2. The summed E-state index contributed by atoms with van der Waals surface area (Å²) in [6.45, 7) is 2.95. The van der Waals surface area contributed by atoms with Gasteiger partial charge in [-0.15, -0.1) is 0 Å². The Balaban J connectivity index is 1.60. The quantitative estimate of drug-likeness (QED) is 0.0926. The lowest BCUT2D eigenvalue weighted by molar-refractivity contribution is -0.145. The van der Waals surface area contributed by atoms with E-state index in [0.717, 1.165) is 35.1 Å². The van der Waals surface area contributed by atoms with Gasteiger partial charge in [-0.1, -0.05) is 56.2 Å². The van der Waals surface area contributed by atoms with Gasteiger partial charge in [-0.05, 0) is 42.3 Å². The van der Waals surface area contributed by atoms with Crippen molar-refractivity contribution in [2.75, 3.05) is 13.2 Å². The fourth-order valence-electron chi connectivity index (χ4n) is 4.61. The van der Waals surface area contributed by atoms with Crippen LogP contribution in [0, 0.1) is 11.3 Å². The van der Waals surface area contributed by atoms with Crippen molar-refractivity contribution >= 4 is 36.1 Å². The Hall–Kier alpha value is -3.47. The largest absolute Gasteiger partial charge is 0.465 e. The first kappa shape index (κ1) is 33.4. The third-order valence-electron chi connectivity index (χ3n) is 6.91. The van der Waals surface area contributed by atoms with Gasteiger partial charge in [-0.3, -0.25) is 23.7 Å². The molecule has 1 aliphatic rings. The van der Waals surface area contributed by atoms with Crippen LogP contribution < -0.4 is 20.9 Å². The second-order valence-corrected chi connectivity index (χ2v) is 12.0. The Kier molecular flexibility index (Phi) is 11.0. The number of carbonyl (C=O) groups is 1. The number of nitrogens with zero attached hydrogens (tertiary/aromatic N) is 1. The van der Waals surface area contributed by atoms with Crippen molar-refractivity contribution in [1.82, 2.24) is 14.6 Å². The highest BCUT2D eigenvalue weighted by molar-refractivity contribution is 7.52. The number of aromatic amines is 1. The molecule has 2 unspecified atom stereocenters. The maximum absolute atomic E-state index is 14.2. The zero-order chi connectivity index (χ0) is 31.9. The van der Waals surface area contributed by atoms with Gasteiger partial charge in [0.05, 0.1) is 13.2 Å². The van der Waals surface area contributed by atoms with Crippen LogP contribution in [0.5, 0.6) is 5.75 Å². The molecule has 1 saturated heterocycles. The molecule has 4 N–H and O–H groups in total. The van der Waals surface area contributed by atoms with Gasteiger partial charge >= 0.3 is 19.4 Å². The van der Waals surface area contributed by atoms with E-state index < -0.39 is 61.7 Å². The molecule has 0 spiro atoms. The van der Waals surface area contributed by atoms with Crippen molar-refractivity contribution in [2.24, 2.45) is 0 Å². The highest BCUT2D eigenvalue weighted by atomic mass is 35.5. The molecule has 0 bridgehead atoms. The predicted molar refractivity (Wildman–Crippen MR) is 161 cm³/mol. The second-order valence-electron chi connectivity index (χ2n) is 10.1. The van der Waals surface area contributed by atoms with E-state index in [1.54, 1.807) is 24.3 Å². The first-order valence-electron chi connectivity index (χ1n) is 13.9. The lowest BCUT2D eigenvalue weighted by Crippen LogP contribution is -2.48. The fourth-order valence-corrected chi connectivity index (χ4v) is 6.28. The summed E-state index contributed by atoms with van der Waals surface area (Å²) in [4.78, 5) is 38.7. The highest BCUT2D eigenvalue weighted by Crippen LogP contribution is 2.48. The van der Waals surface area contributed by atoms with Crippen LogP contribution in [-0.2, 0) is 23.4 Å². The number of esters is 1. The van der Waals surface area contributed by atoms with Crippen molar-refractivity contribution < 1.29 is 38.1 Å². The van der Waals surface area contributed by atoms with Crippen molar-refractivity contribution in [3.63, 3.8) is 0 Å². The minimum Gasteiger partial charge on any atom is -0.465 e. The summed E-state index contributed by atoms with van der Waals surface area (Å²) in [5.41, 5.74) is -4.10. The van der Waals surface area contributed by atoms with Gasteiger partial charge in [0.25, 0.3) is 5.56 Å². The van der Waals surface area contributed by atoms with Crippen LogP contribution >= 0.6 is 19.3 Å². The Morgan fingerprint density at radius 2 is 1.98 bits per heavy atom. The Morgan fingerprint density at radius 3 is 2.70 bits per heavy atom. The number of nitrogens with one attached hydrogen (secondary N) is 2. The molecule has 0 aliphatic carbocycles. The lowest BCUT2D eigenvalue weighted by Gasteiger charge is -2.26. The van der Waals surface area contributed by atoms with Crippen molar-refractivity contribution in [3.05, 3.63) is 75.6 Å². The van der Waals surface area contributed by atoms with Gasteiger partial charge in [0, 0.05) is 23.0 Å². The lowest BCUT2D eigenvalue weighted by atomic mass is 9.95. The molecular formula is C29H33ClN3O10P. The highest BCUT2D eigenvalue weighted by Gasteiger charge is 2.56. The summed E-state index contributed by atoms with van der Waals surface area (Å²) < 4.78 is 37.6. The molecule has 44 heavy (non-hydrogen) atoms. The van der Waals surface area contributed by atoms with Crippen LogP contribution in [0.2, 0.25) is 0 Å². The van der Waals surface area contributed by atoms with Crippen molar-refractivity contribution in [2.45, 2.75) is 63.2 Å². The predicted octanol–water partition coefficient (Wildman–Crippen LogP) is 2.79. The Labute approximate surface area is 257 Å². The van der Waals surface area contributed by atoms with Crippen LogP contribution in [0.1, 0.15) is 39.3 Å². The number of H-pyrrole nitrogens is 1. The van der Waals surface area contributed by atoms with E-state index in [-0.39, 0.29) is 12.4 Å². The maximum Gasteiger partial charge on any atom is 0.459 e. The van der Waals surface area contributed by atoms with Gasteiger partial charge in [0.15, 0.2) is 6.23 Å². The van der Waals surface area contributed by atoms with E-state index in [4.69, 9.17) is 30.1 Å². The number of benzene rings is 2. The molecule has 6 atom stereocenters. The number of aliphatic hydroxyl groups is 2. The number of aliphatic hydroxyl groups excluding tert-OH is 1. The Morgan fingerprint density at radius 1 is 1.23 bits per heavy atom. The number of unbranched alkanes of at least 4 members (excludes halogenated alkanes) is 2. The molecule has 4 rings (SSSR count).